The Morgan fingerprint density at radius 2 is 2.14 bits per heavy atom. The average Bonchev–Trinajstić information content (AvgIpc) is 2.14. The lowest BCUT2D eigenvalue weighted by Crippen LogP contribution is -2.32. The molecule has 0 aromatic heterocycles. The second-order valence-electron chi connectivity index (χ2n) is 3.41. The highest BCUT2D eigenvalue weighted by Gasteiger charge is 2.22. The van der Waals surface area contributed by atoms with Gasteiger partial charge in [-0.15, -0.1) is 0 Å². The molecule has 0 radical (unpaired) electrons. The van der Waals surface area contributed by atoms with Crippen molar-refractivity contribution in [3.05, 3.63) is 22.8 Å². The third-order valence-electron chi connectivity index (χ3n) is 2.51. The summed E-state index contributed by atoms with van der Waals surface area (Å²) in [6.45, 7) is 2.20. The highest BCUT2D eigenvalue weighted by atomic mass is 16.3. The molecule has 0 bridgehead atoms. The first kappa shape index (κ1) is 8.87. The molecule has 1 amide bonds. The summed E-state index contributed by atoms with van der Waals surface area (Å²) in [5, 5.41) is 21.5. The Labute approximate surface area is 81.2 Å². The fourth-order valence-electron chi connectivity index (χ4n) is 1.77. The van der Waals surface area contributed by atoms with E-state index in [2.05, 4.69) is 5.32 Å². The monoisotopic (exact) mass is 193 g/mol. The van der Waals surface area contributed by atoms with Crippen LogP contribution in [0.1, 0.15) is 21.5 Å². The van der Waals surface area contributed by atoms with Gasteiger partial charge in [-0.2, -0.15) is 0 Å². The van der Waals surface area contributed by atoms with Crippen LogP contribution in [0.4, 0.5) is 0 Å². The number of carbonyl (C=O) groups is 1. The zero-order chi connectivity index (χ0) is 10.3. The van der Waals surface area contributed by atoms with Gasteiger partial charge in [-0.25, -0.2) is 0 Å². The maximum absolute atomic E-state index is 11.5. The van der Waals surface area contributed by atoms with Crippen molar-refractivity contribution in [2.75, 3.05) is 6.54 Å². The molecule has 0 atom stereocenters. The third-order valence-corrected chi connectivity index (χ3v) is 2.51. The lowest BCUT2D eigenvalue weighted by Gasteiger charge is -2.19. The molecule has 2 rings (SSSR count). The van der Waals surface area contributed by atoms with Gasteiger partial charge in [0.1, 0.15) is 0 Å². The van der Waals surface area contributed by atoms with Crippen LogP contribution in [0.25, 0.3) is 0 Å². The molecule has 0 aliphatic carbocycles. The van der Waals surface area contributed by atoms with Gasteiger partial charge in [0.05, 0.1) is 0 Å². The van der Waals surface area contributed by atoms with Crippen LogP contribution in [0, 0.1) is 6.92 Å². The van der Waals surface area contributed by atoms with Gasteiger partial charge in [-0.1, -0.05) is 0 Å². The maximum Gasteiger partial charge on any atom is 0.251 e. The third kappa shape index (κ3) is 1.11. The van der Waals surface area contributed by atoms with E-state index in [1.54, 1.807) is 6.92 Å². The first-order chi connectivity index (χ1) is 6.61. The number of rotatable bonds is 0. The summed E-state index contributed by atoms with van der Waals surface area (Å²) in [7, 11) is 0. The molecule has 1 aromatic carbocycles. The predicted molar refractivity (Wildman–Crippen MR) is 50.5 cm³/mol. The molecule has 1 aliphatic heterocycles. The number of hydrogen-bond donors (Lipinski definition) is 3. The number of benzene rings is 1. The Bertz CT molecular complexity index is 412. The van der Waals surface area contributed by atoms with Gasteiger partial charge in [0, 0.05) is 17.7 Å². The quantitative estimate of drug-likeness (QED) is 0.531. The normalized spacial score (nSPS) is 14.8. The number of carbonyl (C=O) groups excluding carboxylic acids is 1. The van der Waals surface area contributed by atoms with Crippen LogP contribution in [0.2, 0.25) is 0 Å². The molecule has 0 fully saturated rings. The Morgan fingerprint density at radius 1 is 1.43 bits per heavy atom. The van der Waals surface area contributed by atoms with E-state index in [-0.39, 0.29) is 17.4 Å². The Morgan fingerprint density at radius 3 is 2.86 bits per heavy atom. The molecule has 4 heteroatoms. The van der Waals surface area contributed by atoms with Crippen molar-refractivity contribution in [2.24, 2.45) is 0 Å². The van der Waals surface area contributed by atoms with E-state index in [9.17, 15) is 15.0 Å². The minimum Gasteiger partial charge on any atom is -0.504 e. The van der Waals surface area contributed by atoms with Gasteiger partial charge >= 0.3 is 0 Å². The van der Waals surface area contributed by atoms with E-state index in [1.807, 2.05) is 0 Å². The molecule has 0 unspecified atom stereocenters. The Kier molecular flexibility index (Phi) is 1.84. The van der Waals surface area contributed by atoms with E-state index < -0.39 is 0 Å². The Hall–Kier alpha value is -1.71. The topological polar surface area (TPSA) is 69.6 Å². The van der Waals surface area contributed by atoms with Crippen LogP contribution in [-0.4, -0.2) is 22.7 Å². The van der Waals surface area contributed by atoms with Crippen molar-refractivity contribution in [3.63, 3.8) is 0 Å². The molecule has 1 aromatic rings. The molecule has 14 heavy (non-hydrogen) atoms. The van der Waals surface area contributed by atoms with E-state index in [4.69, 9.17) is 0 Å². The summed E-state index contributed by atoms with van der Waals surface area (Å²) in [4.78, 5) is 11.5. The summed E-state index contributed by atoms with van der Waals surface area (Å²) < 4.78 is 0. The number of phenols is 2. The van der Waals surface area contributed by atoms with E-state index in [0.29, 0.717) is 24.1 Å². The SMILES string of the molecule is Cc1c(O)c(O)cc2c1C(=O)NCC2. The van der Waals surface area contributed by atoms with Crippen LogP contribution in [-0.2, 0) is 6.42 Å². The van der Waals surface area contributed by atoms with Crippen molar-refractivity contribution in [1.82, 2.24) is 5.32 Å². The van der Waals surface area contributed by atoms with Crippen LogP contribution in [0.5, 0.6) is 11.5 Å². The molecule has 74 valence electrons. The molecule has 1 aliphatic rings. The number of phenolic OH excluding ortho intramolecular Hbond substituents is 2. The highest BCUT2D eigenvalue weighted by Crippen LogP contribution is 2.34. The molecule has 4 nitrogen and oxygen atoms in total. The van der Waals surface area contributed by atoms with E-state index >= 15 is 0 Å². The highest BCUT2D eigenvalue weighted by molar-refractivity contribution is 5.99. The average molecular weight is 193 g/mol. The fraction of sp³-hybridized carbons (Fsp3) is 0.300. The first-order valence-electron chi connectivity index (χ1n) is 4.44. The van der Waals surface area contributed by atoms with Crippen molar-refractivity contribution in [3.8, 4) is 11.5 Å². The van der Waals surface area contributed by atoms with Gasteiger partial charge in [0.25, 0.3) is 5.91 Å². The summed E-state index contributed by atoms with van der Waals surface area (Å²) in [5.74, 6) is -0.546. The standard InChI is InChI=1S/C10H11NO3/c1-5-8-6(2-3-11-10(8)14)4-7(12)9(5)13/h4,12-13H,2-3H2,1H3,(H,11,14). The molecule has 0 saturated heterocycles. The number of fused-ring (bicyclic) bond motifs is 1. The maximum atomic E-state index is 11.5. The first-order valence-corrected chi connectivity index (χ1v) is 4.44. The van der Waals surface area contributed by atoms with E-state index in [1.165, 1.54) is 6.07 Å². The smallest absolute Gasteiger partial charge is 0.251 e. The fourth-order valence-corrected chi connectivity index (χ4v) is 1.77. The number of amides is 1. The van der Waals surface area contributed by atoms with Crippen molar-refractivity contribution in [1.29, 1.82) is 0 Å². The van der Waals surface area contributed by atoms with Gasteiger partial charge in [-0.3, -0.25) is 4.79 Å². The van der Waals surface area contributed by atoms with E-state index in [0.717, 1.165) is 5.56 Å². The zero-order valence-electron chi connectivity index (χ0n) is 7.79. The number of hydrogen-bond acceptors (Lipinski definition) is 3. The van der Waals surface area contributed by atoms with Crippen molar-refractivity contribution < 1.29 is 15.0 Å². The van der Waals surface area contributed by atoms with Crippen molar-refractivity contribution >= 4 is 5.91 Å². The second kappa shape index (κ2) is 2.90. The molecule has 3 N–H and O–H groups in total. The van der Waals surface area contributed by atoms with Crippen LogP contribution in [0.15, 0.2) is 6.07 Å². The largest absolute Gasteiger partial charge is 0.504 e. The van der Waals surface area contributed by atoms with Gasteiger partial charge in [-0.05, 0) is 25.0 Å². The summed E-state index contributed by atoms with van der Waals surface area (Å²) in [5.41, 5.74) is 1.73. The zero-order valence-corrected chi connectivity index (χ0v) is 7.79. The summed E-state index contributed by atoms with van der Waals surface area (Å²) in [6.07, 6.45) is 0.690. The number of nitrogens with one attached hydrogen (secondary N) is 1. The summed E-state index contributed by atoms with van der Waals surface area (Å²) >= 11 is 0. The lowest BCUT2D eigenvalue weighted by atomic mass is 9.95. The van der Waals surface area contributed by atoms with Gasteiger partial charge < -0.3 is 15.5 Å². The van der Waals surface area contributed by atoms with Crippen molar-refractivity contribution in [2.45, 2.75) is 13.3 Å². The lowest BCUT2D eigenvalue weighted by molar-refractivity contribution is 0.0944. The molecule has 1 heterocycles. The minimum absolute atomic E-state index is 0.157. The predicted octanol–water partition coefficient (Wildman–Crippen LogP) is 0.692. The van der Waals surface area contributed by atoms with Gasteiger partial charge in [0.15, 0.2) is 11.5 Å². The second-order valence-corrected chi connectivity index (χ2v) is 3.41. The summed E-state index contributed by atoms with van der Waals surface area (Å²) in [6, 6.07) is 1.45. The minimum atomic E-state index is -0.208. The molecular weight excluding hydrogens is 182 g/mol. The number of aromatic hydroxyl groups is 2. The molecule has 0 saturated carbocycles. The van der Waals surface area contributed by atoms with Gasteiger partial charge in [0.2, 0.25) is 0 Å². The Balaban J connectivity index is 2.70. The molecule has 0 spiro atoms. The van der Waals surface area contributed by atoms with Crippen LogP contribution < -0.4 is 5.32 Å². The van der Waals surface area contributed by atoms with Crippen LogP contribution in [0.3, 0.4) is 0 Å². The molecular formula is C10H11NO3. The van der Waals surface area contributed by atoms with Crippen LogP contribution >= 0.6 is 0 Å².